The molecule has 0 aromatic heterocycles. The van der Waals surface area contributed by atoms with Gasteiger partial charge in [-0.2, -0.15) is 0 Å². The Morgan fingerprint density at radius 1 is 1.55 bits per heavy atom. The highest BCUT2D eigenvalue weighted by Gasteiger charge is 1.99. The summed E-state index contributed by atoms with van der Waals surface area (Å²) in [6.45, 7) is 4.75. The van der Waals surface area contributed by atoms with Crippen molar-refractivity contribution in [3.8, 4) is 0 Å². The molecule has 0 aromatic carbocycles. The van der Waals surface area contributed by atoms with Gasteiger partial charge < -0.3 is 0 Å². The van der Waals surface area contributed by atoms with Gasteiger partial charge >= 0.3 is 5.94 Å². The maximum atomic E-state index is 5.04. The van der Waals surface area contributed by atoms with Gasteiger partial charge in [0.2, 0.25) is 0 Å². The molecule has 0 spiro atoms. The molecule has 0 radical (unpaired) electrons. The largest absolute Gasteiger partial charge is 0.348 e. The fourth-order valence-electron chi connectivity index (χ4n) is 0.880. The van der Waals surface area contributed by atoms with Gasteiger partial charge in [-0.15, -0.1) is 0 Å². The average molecular weight is 149 g/mol. The zero-order valence-electron chi connectivity index (χ0n) is 7.05. The van der Waals surface area contributed by atoms with Gasteiger partial charge in [0.05, 0.1) is 5.57 Å². The molecule has 58 valence electrons. The number of allylic oxidation sites excluding steroid dienone is 5. The summed E-state index contributed by atoms with van der Waals surface area (Å²) >= 11 is 0. The maximum Gasteiger partial charge on any atom is 0.348 e. The fraction of sp³-hybridized carbons (Fsp3) is 0.400. The molecule has 0 bridgehead atoms. The third-order valence-electron chi connectivity index (χ3n) is 1.54. The lowest BCUT2D eigenvalue weighted by molar-refractivity contribution is 0.127. The molecule has 1 nitrogen and oxygen atoms in total. The minimum atomic E-state index is 0.694. The lowest BCUT2D eigenvalue weighted by atomic mass is 10.1. The van der Waals surface area contributed by atoms with Crippen molar-refractivity contribution in [3.05, 3.63) is 29.4 Å². The quantitative estimate of drug-likeness (QED) is 0.400. The van der Waals surface area contributed by atoms with Crippen molar-refractivity contribution >= 4 is 5.94 Å². The minimum absolute atomic E-state index is 0.694. The molecule has 0 aromatic rings. The Hall–Kier alpha value is -1.07. The van der Waals surface area contributed by atoms with Gasteiger partial charge in [0.15, 0.2) is 0 Å². The van der Waals surface area contributed by atoms with E-state index in [0.717, 1.165) is 12.0 Å². The van der Waals surface area contributed by atoms with Crippen LogP contribution in [0, 0.1) is 0 Å². The molecular weight excluding hydrogens is 136 g/mol. The highest BCUT2D eigenvalue weighted by atomic mass is 16.4. The molecule has 1 heteroatoms. The molecular formula is C10H13O+. The van der Waals surface area contributed by atoms with E-state index in [2.05, 4.69) is 25.0 Å². The van der Waals surface area contributed by atoms with Crippen molar-refractivity contribution < 1.29 is 4.42 Å². The molecule has 0 fully saturated rings. The van der Waals surface area contributed by atoms with E-state index in [1.54, 1.807) is 0 Å². The zero-order valence-corrected chi connectivity index (χ0v) is 7.05. The van der Waals surface area contributed by atoms with E-state index in [1.807, 2.05) is 13.0 Å². The Morgan fingerprint density at radius 3 is 2.91 bits per heavy atom. The lowest BCUT2D eigenvalue weighted by Gasteiger charge is -1.97. The summed E-state index contributed by atoms with van der Waals surface area (Å²) in [5.41, 5.74) is 2.43. The van der Waals surface area contributed by atoms with Gasteiger partial charge in [0.25, 0.3) is 6.61 Å². The Kier molecular flexibility index (Phi) is 2.88. The topological polar surface area (TPSA) is 11.3 Å². The zero-order chi connectivity index (χ0) is 8.10. The predicted molar refractivity (Wildman–Crippen MR) is 47.3 cm³/mol. The fourth-order valence-corrected chi connectivity index (χ4v) is 0.880. The third-order valence-corrected chi connectivity index (χ3v) is 1.54. The average Bonchev–Trinajstić information content (AvgIpc) is 2.04. The molecule has 11 heavy (non-hydrogen) atoms. The second-order valence-corrected chi connectivity index (χ2v) is 2.55. The summed E-state index contributed by atoms with van der Waals surface area (Å²) in [6, 6.07) is 0. The molecule has 1 aliphatic rings. The molecule has 0 aliphatic heterocycles. The van der Waals surface area contributed by atoms with Crippen LogP contribution >= 0.6 is 0 Å². The van der Waals surface area contributed by atoms with Crippen LogP contribution in [0.25, 0.3) is 0 Å². The van der Waals surface area contributed by atoms with Crippen molar-refractivity contribution in [2.24, 2.45) is 0 Å². The van der Waals surface area contributed by atoms with Gasteiger partial charge in [0, 0.05) is 13.3 Å². The first kappa shape index (κ1) is 8.03. The van der Waals surface area contributed by atoms with Crippen LogP contribution in [-0.4, -0.2) is 12.5 Å². The Morgan fingerprint density at radius 2 is 2.36 bits per heavy atom. The highest BCUT2D eigenvalue weighted by molar-refractivity contribution is 5.60. The predicted octanol–water partition coefficient (Wildman–Crippen LogP) is 2.21. The van der Waals surface area contributed by atoms with Crippen LogP contribution < -0.4 is 0 Å². The maximum absolute atomic E-state index is 5.04. The van der Waals surface area contributed by atoms with Crippen molar-refractivity contribution in [3.63, 3.8) is 0 Å². The van der Waals surface area contributed by atoms with Gasteiger partial charge in [-0.25, -0.2) is 4.42 Å². The number of hydrogen-bond donors (Lipinski definition) is 0. The first-order valence-electron chi connectivity index (χ1n) is 3.91. The summed E-state index contributed by atoms with van der Waals surface area (Å²) in [6.07, 6.45) is 7.24. The van der Waals surface area contributed by atoms with Crippen molar-refractivity contribution in [1.29, 1.82) is 0 Å². The normalized spacial score (nSPS) is 15.8. The smallest absolute Gasteiger partial charge is 0.204 e. The number of carbonyl (C=O) groups excluding carboxylic acids is 1. The monoisotopic (exact) mass is 149 g/mol. The first-order chi connectivity index (χ1) is 5.33. The Bertz CT molecular complexity index is 250. The molecule has 0 amide bonds. The van der Waals surface area contributed by atoms with Crippen LogP contribution in [0.4, 0.5) is 0 Å². The summed E-state index contributed by atoms with van der Waals surface area (Å²) < 4.78 is 5.04. The molecule has 0 unspecified atom stereocenters. The van der Waals surface area contributed by atoms with Crippen LogP contribution in [0.3, 0.4) is 0 Å². The number of hydrogen-bond acceptors (Lipinski definition) is 0. The van der Waals surface area contributed by atoms with Gasteiger partial charge in [-0.3, -0.25) is 0 Å². The van der Waals surface area contributed by atoms with E-state index in [0.29, 0.717) is 6.61 Å². The Balaban J connectivity index is 2.69. The highest BCUT2D eigenvalue weighted by Crippen LogP contribution is 2.11. The molecule has 0 saturated carbocycles. The van der Waals surface area contributed by atoms with Crippen molar-refractivity contribution in [2.45, 2.75) is 20.3 Å². The standard InChI is InChI=1S/C10H13O/c1-3-11-8-10-6-4-9(2)5-7-10/h4-6H,3,7H2,1-2H3/q+1. The summed E-state index contributed by atoms with van der Waals surface area (Å²) in [5, 5.41) is 0. The van der Waals surface area contributed by atoms with Crippen LogP contribution in [0.1, 0.15) is 20.3 Å². The second-order valence-electron chi connectivity index (χ2n) is 2.55. The van der Waals surface area contributed by atoms with Crippen LogP contribution in [-0.2, 0) is 4.42 Å². The lowest BCUT2D eigenvalue weighted by Crippen LogP contribution is -1.86. The van der Waals surface area contributed by atoms with Crippen LogP contribution in [0.15, 0.2) is 29.4 Å². The third kappa shape index (κ3) is 2.57. The first-order valence-corrected chi connectivity index (χ1v) is 3.91. The SMILES string of the molecule is CC[O+]=C=C1C=CC(C)=CC1. The van der Waals surface area contributed by atoms with Crippen molar-refractivity contribution in [2.75, 3.05) is 6.61 Å². The Labute approximate surface area is 67.4 Å². The van der Waals surface area contributed by atoms with Crippen molar-refractivity contribution in [1.82, 2.24) is 0 Å². The molecule has 1 aliphatic carbocycles. The van der Waals surface area contributed by atoms with Gasteiger partial charge in [-0.05, 0) is 13.0 Å². The molecule has 0 heterocycles. The van der Waals surface area contributed by atoms with E-state index in [4.69, 9.17) is 4.42 Å². The van der Waals surface area contributed by atoms with E-state index < -0.39 is 0 Å². The molecule has 0 N–H and O–H groups in total. The molecule has 1 rings (SSSR count). The van der Waals surface area contributed by atoms with Crippen LogP contribution in [0.2, 0.25) is 0 Å². The molecule has 0 atom stereocenters. The van der Waals surface area contributed by atoms with E-state index in [9.17, 15) is 0 Å². The van der Waals surface area contributed by atoms with E-state index in [-0.39, 0.29) is 0 Å². The number of rotatable bonds is 1. The van der Waals surface area contributed by atoms with Crippen LogP contribution in [0.5, 0.6) is 0 Å². The minimum Gasteiger partial charge on any atom is -0.204 e. The summed E-state index contributed by atoms with van der Waals surface area (Å²) in [5.74, 6) is 2.88. The van der Waals surface area contributed by atoms with E-state index in [1.165, 1.54) is 5.57 Å². The second kappa shape index (κ2) is 3.95. The molecule has 0 saturated heterocycles. The van der Waals surface area contributed by atoms with Gasteiger partial charge in [-0.1, -0.05) is 17.7 Å². The van der Waals surface area contributed by atoms with E-state index >= 15 is 0 Å². The summed E-state index contributed by atoms with van der Waals surface area (Å²) in [4.78, 5) is 0. The van der Waals surface area contributed by atoms with Gasteiger partial charge in [0.1, 0.15) is 0 Å². The summed E-state index contributed by atoms with van der Waals surface area (Å²) in [7, 11) is 0.